The van der Waals surface area contributed by atoms with Crippen LogP contribution in [0.15, 0.2) is 59.4 Å². The second-order valence-corrected chi connectivity index (χ2v) is 6.22. The SMILES string of the molecule is CC(Cn1sc2ccccc2c1=O)OC(=O)Nc1ccccc1. The third kappa shape index (κ3) is 3.60. The van der Waals surface area contributed by atoms with Gasteiger partial charge in [0.05, 0.1) is 16.6 Å². The summed E-state index contributed by atoms with van der Waals surface area (Å²) in [5.74, 6) is 0. The molecule has 0 bridgehead atoms. The minimum absolute atomic E-state index is 0.0514. The number of para-hydroxylation sites is 1. The summed E-state index contributed by atoms with van der Waals surface area (Å²) in [5, 5.41) is 3.35. The highest BCUT2D eigenvalue weighted by atomic mass is 32.1. The first kappa shape index (κ1) is 15.3. The number of nitrogens with zero attached hydrogens (tertiary/aromatic N) is 1. The van der Waals surface area contributed by atoms with E-state index in [0.29, 0.717) is 17.6 Å². The molecule has 3 rings (SSSR count). The van der Waals surface area contributed by atoms with Crippen LogP contribution >= 0.6 is 11.5 Å². The van der Waals surface area contributed by atoms with Crippen LogP contribution in [0.25, 0.3) is 10.1 Å². The lowest BCUT2D eigenvalue weighted by molar-refractivity contribution is 0.112. The molecule has 118 valence electrons. The molecule has 1 amide bonds. The van der Waals surface area contributed by atoms with Gasteiger partial charge in [0.2, 0.25) is 0 Å². The van der Waals surface area contributed by atoms with Gasteiger partial charge in [-0.25, -0.2) is 4.79 Å². The fourth-order valence-corrected chi connectivity index (χ4v) is 3.36. The summed E-state index contributed by atoms with van der Waals surface area (Å²) >= 11 is 1.38. The second kappa shape index (κ2) is 6.66. The standard InChI is InChI=1S/C17H16N2O3S/c1-12(22-17(21)18-13-7-3-2-4-8-13)11-19-16(20)14-9-5-6-10-15(14)23-19/h2-10,12H,11H2,1H3,(H,18,21). The van der Waals surface area contributed by atoms with Crippen LogP contribution in [-0.4, -0.2) is 16.2 Å². The van der Waals surface area contributed by atoms with Gasteiger partial charge >= 0.3 is 6.09 Å². The molecule has 0 spiro atoms. The predicted octanol–water partition coefficient (Wildman–Crippen LogP) is 3.70. The summed E-state index contributed by atoms with van der Waals surface area (Å²) in [6, 6.07) is 16.5. The van der Waals surface area contributed by atoms with Crippen molar-refractivity contribution in [2.24, 2.45) is 0 Å². The summed E-state index contributed by atoms with van der Waals surface area (Å²) in [7, 11) is 0. The van der Waals surface area contributed by atoms with Crippen LogP contribution in [-0.2, 0) is 11.3 Å². The first-order valence-electron chi connectivity index (χ1n) is 7.25. The van der Waals surface area contributed by atoms with Crippen molar-refractivity contribution in [3.63, 3.8) is 0 Å². The Morgan fingerprint density at radius 2 is 1.87 bits per heavy atom. The van der Waals surface area contributed by atoms with Crippen molar-refractivity contribution in [2.75, 3.05) is 5.32 Å². The van der Waals surface area contributed by atoms with E-state index in [0.717, 1.165) is 4.70 Å². The minimum atomic E-state index is -0.530. The van der Waals surface area contributed by atoms with Gasteiger partial charge in [0, 0.05) is 5.69 Å². The number of benzene rings is 2. The van der Waals surface area contributed by atoms with E-state index in [1.54, 1.807) is 29.1 Å². The number of carbonyl (C=O) groups is 1. The zero-order valence-electron chi connectivity index (χ0n) is 12.6. The predicted molar refractivity (Wildman–Crippen MR) is 92.1 cm³/mol. The third-order valence-corrected chi connectivity index (χ3v) is 4.39. The number of rotatable bonds is 4. The molecular weight excluding hydrogens is 312 g/mol. The molecule has 0 radical (unpaired) electrons. The van der Waals surface area contributed by atoms with Crippen molar-refractivity contribution in [3.05, 3.63) is 65.0 Å². The van der Waals surface area contributed by atoms with E-state index in [2.05, 4.69) is 5.32 Å². The molecule has 0 fully saturated rings. The highest BCUT2D eigenvalue weighted by Gasteiger charge is 2.14. The van der Waals surface area contributed by atoms with Gasteiger partial charge in [-0.15, -0.1) is 0 Å². The normalized spacial score (nSPS) is 12.0. The van der Waals surface area contributed by atoms with Crippen LogP contribution in [0.3, 0.4) is 0 Å². The lowest BCUT2D eigenvalue weighted by atomic mass is 10.3. The fraction of sp³-hybridized carbons (Fsp3) is 0.176. The van der Waals surface area contributed by atoms with Crippen LogP contribution in [0.4, 0.5) is 10.5 Å². The lowest BCUT2D eigenvalue weighted by Crippen LogP contribution is -2.26. The Morgan fingerprint density at radius 3 is 2.61 bits per heavy atom. The van der Waals surface area contributed by atoms with Crippen molar-refractivity contribution >= 4 is 33.4 Å². The maximum Gasteiger partial charge on any atom is 0.411 e. The first-order valence-corrected chi connectivity index (χ1v) is 8.02. The Kier molecular flexibility index (Phi) is 4.43. The highest BCUT2D eigenvalue weighted by Crippen LogP contribution is 2.16. The highest BCUT2D eigenvalue weighted by molar-refractivity contribution is 7.13. The maximum absolute atomic E-state index is 12.3. The van der Waals surface area contributed by atoms with Crippen molar-refractivity contribution in [2.45, 2.75) is 19.6 Å². The number of aromatic nitrogens is 1. The van der Waals surface area contributed by atoms with E-state index >= 15 is 0 Å². The maximum atomic E-state index is 12.3. The van der Waals surface area contributed by atoms with Crippen LogP contribution < -0.4 is 10.9 Å². The quantitative estimate of drug-likeness (QED) is 0.794. The zero-order chi connectivity index (χ0) is 16.2. The van der Waals surface area contributed by atoms with Crippen LogP contribution in [0.1, 0.15) is 6.92 Å². The number of nitrogens with one attached hydrogen (secondary N) is 1. The molecular formula is C17H16N2O3S. The fourth-order valence-electron chi connectivity index (χ4n) is 2.26. The molecule has 2 aromatic carbocycles. The molecule has 1 unspecified atom stereocenters. The Bertz CT molecular complexity index is 870. The van der Waals surface area contributed by atoms with Gasteiger partial charge in [-0.2, -0.15) is 0 Å². The van der Waals surface area contributed by atoms with Crippen LogP contribution in [0.2, 0.25) is 0 Å². The molecule has 3 aromatic rings. The number of hydrogen-bond donors (Lipinski definition) is 1. The number of fused-ring (bicyclic) bond motifs is 1. The van der Waals surface area contributed by atoms with Gasteiger partial charge in [-0.3, -0.25) is 14.1 Å². The Labute approximate surface area is 137 Å². The molecule has 1 atom stereocenters. The monoisotopic (exact) mass is 328 g/mol. The number of ether oxygens (including phenoxy) is 1. The molecule has 1 N–H and O–H groups in total. The summed E-state index contributed by atoms with van der Waals surface area (Å²) in [6.07, 6.45) is -0.942. The van der Waals surface area contributed by atoms with Crippen molar-refractivity contribution < 1.29 is 9.53 Å². The van der Waals surface area contributed by atoms with E-state index in [4.69, 9.17) is 4.74 Å². The van der Waals surface area contributed by atoms with Gasteiger partial charge in [-0.05, 0) is 31.2 Å². The lowest BCUT2D eigenvalue weighted by Gasteiger charge is -2.13. The Morgan fingerprint density at radius 1 is 1.17 bits per heavy atom. The first-order chi connectivity index (χ1) is 11.1. The number of carbonyl (C=O) groups excluding carboxylic acids is 1. The van der Waals surface area contributed by atoms with Gasteiger partial charge in [0.25, 0.3) is 5.56 Å². The second-order valence-electron chi connectivity index (χ2n) is 5.16. The van der Waals surface area contributed by atoms with Gasteiger partial charge < -0.3 is 4.74 Å². The molecule has 23 heavy (non-hydrogen) atoms. The molecule has 5 nitrogen and oxygen atoms in total. The summed E-state index contributed by atoms with van der Waals surface area (Å²) in [4.78, 5) is 24.1. The average molecular weight is 328 g/mol. The summed E-state index contributed by atoms with van der Waals surface area (Å²) in [5.41, 5.74) is 0.619. The Balaban J connectivity index is 1.64. The molecule has 0 saturated carbocycles. The number of amides is 1. The van der Waals surface area contributed by atoms with E-state index in [-0.39, 0.29) is 5.56 Å². The van der Waals surface area contributed by atoms with E-state index in [9.17, 15) is 9.59 Å². The minimum Gasteiger partial charge on any atom is -0.444 e. The van der Waals surface area contributed by atoms with Crippen molar-refractivity contribution in [3.8, 4) is 0 Å². The van der Waals surface area contributed by atoms with E-state index in [1.807, 2.05) is 36.4 Å². The van der Waals surface area contributed by atoms with Crippen molar-refractivity contribution in [1.29, 1.82) is 0 Å². The van der Waals surface area contributed by atoms with Gasteiger partial charge in [0.1, 0.15) is 6.10 Å². The largest absolute Gasteiger partial charge is 0.444 e. The molecule has 6 heteroatoms. The van der Waals surface area contributed by atoms with E-state index in [1.165, 1.54) is 11.5 Å². The Hall–Kier alpha value is -2.60. The van der Waals surface area contributed by atoms with Gasteiger partial charge in [0.15, 0.2) is 0 Å². The molecule has 1 aromatic heterocycles. The smallest absolute Gasteiger partial charge is 0.411 e. The molecule has 0 saturated heterocycles. The molecule has 1 heterocycles. The summed E-state index contributed by atoms with van der Waals surface area (Å²) in [6.45, 7) is 2.10. The summed E-state index contributed by atoms with van der Waals surface area (Å²) < 4.78 is 7.85. The average Bonchev–Trinajstić information content (AvgIpc) is 2.84. The van der Waals surface area contributed by atoms with Crippen molar-refractivity contribution in [1.82, 2.24) is 3.96 Å². The number of anilines is 1. The molecule has 0 aliphatic rings. The number of hydrogen-bond acceptors (Lipinski definition) is 4. The topological polar surface area (TPSA) is 60.3 Å². The van der Waals surface area contributed by atoms with Crippen LogP contribution in [0.5, 0.6) is 0 Å². The van der Waals surface area contributed by atoms with Gasteiger partial charge in [-0.1, -0.05) is 41.9 Å². The zero-order valence-corrected chi connectivity index (χ0v) is 13.4. The molecule has 0 aliphatic heterocycles. The van der Waals surface area contributed by atoms with Crippen LogP contribution in [0, 0.1) is 0 Å². The third-order valence-electron chi connectivity index (χ3n) is 3.30. The molecule has 0 aliphatic carbocycles. The van der Waals surface area contributed by atoms with E-state index < -0.39 is 12.2 Å².